The molecule has 4 N–H and O–H groups in total. The first-order valence-electron chi connectivity index (χ1n) is 7.93. The molecule has 3 aromatic rings. The Bertz CT molecular complexity index is 919. The zero-order valence-corrected chi connectivity index (χ0v) is 14.8. The lowest BCUT2D eigenvalue weighted by Crippen LogP contribution is -2.07. The van der Waals surface area contributed by atoms with Gasteiger partial charge in [0.1, 0.15) is 5.52 Å². The highest BCUT2D eigenvalue weighted by Gasteiger charge is 2.16. The maximum atomic E-state index is 5.88. The predicted molar refractivity (Wildman–Crippen MR) is 96.9 cm³/mol. The van der Waals surface area contributed by atoms with Crippen LogP contribution in [0.5, 0.6) is 11.5 Å². The fraction of sp³-hybridized carbons (Fsp3) is 0.353. The molecule has 132 valence electrons. The van der Waals surface area contributed by atoms with Gasteiger partial charge in [-0.2, -0.15) is 9.97 Å². The van der Waals surface area contributed by atoms with Crippen LogP contribution < -0.4 is 20.9 Å². The fourth-order valence-corrected chi connectivity index (χ4v) is 2.89. The van der Waals surface area contributed by atoms with Gasteiger partial charge in [-0.05, 0) is 29.2 Å². The van der Waals surface area contributed by atoms with Crippen molar-refractivity contribution in [2.45, 2.75) is 26.3 Å². The number of nitrogens with zero attached hydrogens (tertiary/aromatic N) is 4. The molecule has 0 saturated heterocycles. The van der Waals surface area contributed by atoms with E-state index in [1.54, 1.807) is 20.5 Å². The van der Waals surface area contributed by atoms with E-state index in [0.29, 0.717) is 35.1 Å². The summed E-state index contributed by atoms with van der Waals surface area (Å²) in [4.78, 5) is 12.5. The lowest BCUT2D eigenvalue weighted by atomic mass is 9.96. The highest BCUT2D eigenvalue weighted by atomic mass is 16.5. The van der Waals surface area contributed by atoms with Crippen molar-refractivity contribution in [1.29, 1.82) is 0 Å². The molecular formula is C17H22N6O2. The summed E-state index contributed by atoms with van der Waals surface area (Å²) in [5.41, 5.74) is 15.0. The third-order valence-corrected chi connectivity index (χ3v) is 4.12. The number of methoxy groups -OCH3 is 2. The summed E-state index contributed by atoms with van der Waals surface area (Å²) >= 11 is 0. The minimum atomic E-state index is 0.128. The highest BCUT2D eigenvalue weighted by molar-refractivity contribution is 5.82. The SMILES string of the molecule is COc1cc(Cn2cnc3c(N)nc(N)nc32)c(C(C)C)cc1OC. The maximum absolute atomic E-state index is 5.88. The van der Waals surface area contributed by atoms with E-state index < -0.39 is 0 Å². The van der Waals surface area contributed by atoms with E-state index in [4.69, 9.17) is 20.9 Å². The fourth-order valence-electron chi connectivity index (χ4n) is 2.89. The average Bonchev–Trinajstić information content (AvgIpc) is 2.97. The van der Waals surface area contributed by atoms with Gasteiger partial charge in [-0.3, -0.25) is 0 Å². The Hall–Kier alpha value is -3.03. The monoisotopic (exact) mass is 342 g/mol. The summed E-state index contributed by atoms with van der Waals surface area (Å²) < 4.78 is 12.8. The molecule has 1 aromatic carbocycles. The van der Waals surface area contributed by atoms with E-state index in [0.717, 1.165) is 11.1 Å². The molecule has 0 aliphatic heterocycles. The zero-order chi connectivity index (χ0) is 18.1. The van der Waals surface area contributed by atoms with Crippen LogP contribution in [-0.2, 0) is 6.54 Å². The summed E-state index contributed by atoms with van der Waals surface area (Å²) in [6.45, 7) is 4.82. The van der Waals surface area contributed by atoms with Crippen molar-refractivity contribution in [2.24, 2.45) is 0 Å². The second-order valence-corrected chi connectivity index (χ2v) is 6.07. The van der Waals surface area contributed by atoms with Crippen molar-refractivity contribution in [2.75, 3.05) is 25.7 Å². The van der Waals surface area contributed by atoms with E-state index >= 15 is 0 Å². The number of rotatable bonds is 5. The van der Waals surface area contributed by atoms with Crippen LogP contribution in [0, 0.1) is 0 Å². The topological polar surface area (TPSA) is 114 Å². The molecule has 25 heavy (non-hydrogen) atoms. The smallest absolute Gasteiger partial charge is 0.224 e. The first-order chi connectivity index (χ1) is 11.9. The van der Waals surface area contributed by atoms with Gasteiger partial charge in [-0.15, -0.1) is 0 Å². The van der Waals surface area contributed by atoms with Crippen molar-refractivity contribution in [1.82, 2.24) is 19.5 Å². The summed E-state index contributed by atoms with van der Waals surface area (Å²) in [5.74, 6) is 2.11. The van der Waals surface area contributed by atoms with Crippen LogP contribution in [0.15, 0.2) is 18.5 Å². The number of fused-ring (bicyclic) bond motifs is 1. The minimum Gasteiger partial charge on any atom is -0.493 e. The highest BCUT2D eigenvalue weighted by Crippen LogP contribution is 2.34. The molecule has 2 heterocycles. The van der Waals surface area contributed by atoms with Gasteiger partial charge < -0.3 is 25.5 Å². The lowest BCUT2D eigenvalue weighted by Gasteiger charge is -2.17. The molecule has 0 atom stereocenters. The van der Waals surface area contributed by atoms with Gasteiger partial charge in [0.2, 0.25) is 5.95 Å². The number of nitrogen functional groups attached to an aromatic ring is 2. The van der Waals surface area contributed by atoms with Crippen LogP contribution in [0.25, 0.3) is 11.2 Å². The second kappa shape index (κ2) is 6.46. The molecule has 0 fully saturated rings. The number of aromatic nitrogens is 4. The molecule has 0 aliphatic rings. The number of nitrogens with two attached hydrogens (primary N) is 2. The van der Waals surface area contributed by atoms with Gasteiger partial charge >= 0.3 is 0 Å². The van der Waals surface area contributed by atoms with Crippen molar-refractivity contribution in [3.63, 3.8) is 0 Å². The molecule has 3 rings (SSSR count). The molecule has 0 saturated carbocycles. The van der Waals surface area contributed by atoms with E-state index in [-0.39, 0.29) is 11.8 Å². The molecule has 0 unspecified atom stereocenters. The minimum absolute atomic E-state index is 0.128. The molecule has 0 radical (unpaired) electrons. The molecule has 0 amide bonds. The van der Waals surface area contributed by atoms with Crippen LogP contribution in [0.3, 0.4) is 0 Å². The van der Waals surface area contributed by atoms with Crippen molar-refractivity contribution < 1.29 is 9.47 Å². The van der Waals surface area contributed by atoms with E-state index in [9.17, 15) is 0 Å². The third-order valence-electron chi connectivity index (χ3n) is 4.12. The number of imidazole rings is 1. The Morgan fingerprint density at radius 1 is 1.08 bits per heavy atom. The molecule has 0 bridgehead atoms. The van der Waals surface area contributed by atoms with Crippen molar-refractivity contribution in [3.8, 4) is 11.5 Å². The van der Waals surface area contributed by atoms with Crippen LogP contribution >= 0.6 is 0 Å². The van der Waals surface area contributed by atoms with Gasteiger partial charge in [0.25, 0.3) is 0 Å². The number of ether oxygens (including phenoxy) is 2. The van der Waals surface area contributed by atoms with Crippen LogP contribution in [0.1, 0.15) is 30.9 Å². The summed E-state index contributed by atoms with van der Waals surface area (Å²) in [5, 5.41) is 0. The van der Waals surface area contributed by atoms with Gasteiger partial charge in [-0.25, -0.2) is 4.98 Å². The quantitative estimate of drug-likeness (QED) is 0.730. The number of benzene rings is 1. The maximum Gasteiger partial charge on any atom is 0.224 e. The Morgan fingerprint density at radius 3 is 2.40 bits per heavy atom. The largest absolute Gasteiger partial charge is 0.493 e. The van der Waals surface area contributed by atoms with E-state index in [2.05, 4.69) is 28.8 Å². The van der Waals surface area contributed by atoms with Crippen molar-refractivity contribution >= 4 is 22.9 Å². The number of hydrogen-bond acceptors (Lipinski definition) is 7. The Morgan fingerprint density at radius 2 is 1.76 bits per heavy atom. The van der Waals surface area contributed by atoms with E-state index in [1.807, 2.05) is 16.7 Å². The average molecular weight is 342 g/mol. The second-order valence-electron chi connectivity index (χ2n) is 6.07. The van der Waals surface area contributed by atoms with Crippen molar-refractivity contribution in [3.05, 3.63) is 29.6 Å². The van der Waals surface area contributed by atoms with Crippen LogP contribution in [-0.4, -0.2) is 33.7 Å². The normalized spacial score (nSPS) is 11.2. The first kappa shape index (κ1) is 16.8. The molecule has 0 spiro atoms. The number of hydrogen-bond donors (Lipinski definition) is 2. The lowest BCUT2D eigenvalue weighted by molar-refractivity contribution is 0.353. The third kappa shape index (κ3) is 3.02. The Balaban J connectivity index is 2.11. The molecule has 8 nitrogen and oxygen atoms in total. The van der Waals surface area contributed by atoms with Gasteiger partial charge in [0.15, 0.2) is 23.0 Å². The molecule has 2 aromatic heterocycles. The zero-order valence-electron chi connectivity index (χ0n) is 14.8. The van der Waals surface area contributed by atoms with Gasteiger partial charge in [-0.1, -0.05) is 13.8 Å². The first-order valence-corrected chi connectivity index (χ1v) is 7.93. The molecule has 0 aliphatic carbocycles. The Kier molecular flexibility index (Phi) is 4.35. The van der Waals surface area contributed by atoms with Gasteiger partial charge in [0, 0.05) is 0 Å². The molecular weight excluding hydrogens is 320 g/mol. The summed E-state index contributed by atoms with van der Waals surface area (Å²) in [7, 11) is 3.26. The van der Waals surface area contributed by atoms with Crippen LogP contribution in [0.2, 0.25) is 0 Å². The van der Waals surface area contributed by atoms with E-state index in [1.165, 1.54) is 0 Å². The Labute approximate surface area is 145 Å². The predicted octanol–water partition coefficient (Wildman–Crippen LogP) is 2.18. The van der Waals surface area contributed by atoms with Crippen LogP contribution in [0.4, 0.5) is 11.8 Å². The number of anilines is 2. The molecule has 8 heteroatoms. The summed E-state index contributed by atoms with van der Waals surface area (Å²) in [6, 6.07) is 3.99. The summed E-state index contributed by atoms with van der Waals surface area (Å²) in [6.07, 6.45) is 1.69. The standard InChI is InChI=1S/C17H22N6O2/c1-9(2)11-6-13(25-4)12(24-3)5-10(11)7-23-8-20-14-15(18)21-17(19)22-16(14)23/h5-6,8-9H,7H2,1-4H3,(H4,18,19,21,22). The van der Waals surface area contributed by atoms with Gasteiger partial charge in [0.05, 0.1) is 27.1 Å².